The molecule has 24 heavy (non-hydrogen) atoms. The smallest absolute Gasteiger partial charge is 0.300 e. The minimum absolute atomic E-state index is 0.105. The van der Waals surface area contributed by atoms with Crippen molar-refractivity contribution < 1.29 is 19.7 Å². The highest BCUT2D eigenvalue weighted by Gasteiger charge is 2.38. The third-order valence-electron chi connectivity index (χ3n) is 4.31. The summed E-state index contributed by atoms with van der Waals surface area (Å²) in [4.78, 5) is 9.00. The molecular weight excluding hydrogens is 308 g/mol. The lowest BCUT2D eigenvalue weighted by atomic mass is 9.71. The molecule has 6 nitrogen and oxygen atoms in total. The lowest BCUT2D eigenvalue weighted by molar-refractivity contribution is -0.134. The molecule has 1 aromatic carbocycles. The first-order chi connectivity index (χ1) is 11.3. The lowest BCUT2D eigenvalue weighted by Gasteiger charge is -2.39. The zero-order valence-electron chi connectivity index (χ0n) is 14.4. The molecule has 1 fully saturated rings. The molecule has 1 unspecified atom stereocenters. The second-order valence-corrected chi connectivity index (χ2v) is 6.24. The van der Waals surface area contributed by atoms with E-state index in [0.717, 1.165) is 43.9 Å². The summed E-state index contributed by atoms with van der Waals surface area (Å²) in [5.41, 5.74) is 5.89. The van der Waals surface area contributed by atoms with Gasteiger partial charge < -0.3 is 20.7 Å². The largest absolute Gasteiger partial charge is 0.497 e. The maximum absolute atomic E-state index is 11.0. The van der Waals surface area contributed by atoms with E-state index in [-0.39, 0.29) is 11.8 Å². The molecule has 2 rings (SSSR count). The van der Waals surface area contributed by atoms with Gasteiger partial charge in [-0.05, 0) is 30.5 Å². The Bertz CT molecular complexity index is 532. The maximum atomic E-state index is 11.0. The molecular formula is C18H28N2O4. The zero-order chi connectivity index (χ0) is 18.2. The summed E-state index contributed by atoms with van der Waals surface area (Å²) < 4.78 is 5.17. The Morgan fingerprint density at radius 3 is 2.21 bits per heavy atom. The fourth-order valence-corrected chi connectivity index (χ4v) is 3.19. The Balaban J connectivity index is 0.000000648. The van der Waals surface area contributed by atoms with Crippen LogP contribution in [0.25, 0.3) is 0 Å². The quantitative estimate of drug-likeness (QED) is 0.487. The lowest BCUT2D eigenvalue weighted by Crippen LogP contribution is -2.40. The Labute approximate surface area is 143 Å². The van der Waals surface area contributed by atoms with Crippen LogP contribution in [0.3, 0.4) is 0 Å². The number of ether oxygens (including phenoxy) is 1. The van der Waals surface area contributed by atoms with E-state index in [1.807, 2.05) is 24.3 Å². The van der Waals surface area contributed by atoms with Crippen molar-refractivity contribution in [3.05, 3.63) is 29.8 Å². The van der Waals surface area contributed by atoms with Gasteiger partial charge in [0.05, 0.1) is 18.5 Å². The van der Waals surface area contributed by atoms with Gasteiger partial charge in [0.15, 0.2) is 0 Å². The van der Waals surface area contributed by atoms with Crippen LogP contribution in [-0.2, 0) is 4.79 Å². The van der Waals surface area contributed by atoms with Crippen molar-refractivity contribution in [1.29, 1.82) is 5.41 Å². The van der Waals surface area contributed by atoms with E-state index < -0.39 is 11.6 Å². The van der Waals surface area contributed by atoms with Gasteiger partial charge >= 0.3 is 0 Å². The number of methoxy groups -OCH3 is 1. The molecule has 0 aromatic heterocycles. The Morgan fingerprint density at radius 1 is 1.29 bits per heavy atom. The first-order valence-corrected chi connectivity index (χ1v) is 8.17. The van der Waals surface area contributed by atoms with Crippen molar-refractivity contribution in [2.45, 2.75) is 57.0 Å². The van der Waals surface area contributed by atoms with Crippen LogP contribution in [0.1, 0.15) is 56.9 Å². The molecule has 0 radical (unpaired) electrons. The molecule has 1 aliphatic rings. The number of nitrogens with one attached hydrogen (secondary N) is 1. The van der Waals surface area contributed by atoms with Crippen LogP contribution in [0.15, 0.2) is 24.3 Å². The van der Waals surface area contributed by atoms with Crippen LogP contribution in [0, 0.1) is 5.41 Å². The first kappa shape index (κ1) is 20.0. The molecule has 0 heterocycles. The average molecular weight is 336 g/mol. The third-order valence-corrected chi connectivity index (χ3v) is 4.31. The normalized spacial score (nSPS) is 17.1. The monoisotopic (exact) mass is 336 g/mol. The van der Waals surface area contributed by atoms with E-state index in [1.165, 1.54) is 6.42 Å². The summed E-state index contributed by atoms with van der Waals surface area (Å²) in [5, 5.41) is 26.0. The average Bonchev–Trinajstić information content (AvgIpc) is 2.53. The van der Waals surface area contributed by atoms with Gasteiger partial charge in [-0.2, -0.15) is 0 Å². The van der Waals surface area contributed by atoms with Crippen molar-refractivity contribution >= 4 is 11.8 Å². The van der Waals surface area contributed by atoms with E-state index in [2.05, 4.69) is 0 Å². The topological polar surface area (TPSA) is 117 Å². The summed E-state index contributed by atoms with van der Waals surface area (Å²) >= 11 is 0. The summed E-state index contributed by atoms with van der Waals surface area (Å²) in [5.74, 6) is -0.0121. The van der Waals surface area contributed by atoms with E-state index >= 15 is 0 Å². The molecule has 0 bridgehead atoms. The molecule has 6 heteroatoms. The highest BCUT2D eigenvalue weighted by Crippen LogP contribution is 2.42. The van der Waals surface area contributed by atoms with Crippen LogP contribution < -0.4 is 10.5 Å². The van der Waals surface area contributed by atoms with E-state index in [0.29, 0.717) is 6.42 Å². The van der Waals surface area contributed by atoms with Gasteiger partial charge in [0.2, 0.25) is 0 Å². The number of hydrogen-bond donors (Lipinski definition) is 4. The first-order valence-electron chi connectivity index (χ1n) is 8.17. The Morgan fingerprint density at radius 2 is 1.79 bits per heavy atom. The number of benzene rings is 1. The van der Waals surface area contributed by atoms with E-state index in [9.17, 15) is 5.11 Å². The van der Waals surface area contributed by atoms with Gasteiger partial charge in [0, 0.05) is 19.3 Å². The van der Waals surface area contributed by atoms with Gasteiger partial charge in [0.25, 0.3) is 5.97 Å². The minimum Gasteiger partial charge on any atom is -0.497 e. The van der Waals surface area contributed by atoms with Crippen molar-refractivity contribution in [3.8, 4) is 5.75 Å². The third kappa shape index (κ3) is 6.20. The predicted octanol–water partition coefficient (Wildman–Crippen LogP) is 2.89. The molecule has 5 N–H and O–H groups in total. The second-order valence-electron chi connectivity index (χ2n) is 6.24. The Hall–Kier alpha value is -2.08. The fraction of sp³-hybridized carbons (Fsp3) is 0.556. The highest BCUT2D eigenvalue weighted by molar-refractivity contribution is 5.78. The molecule has 1 aliphatic carbocycles. The molecule has 1 aromatic rings. The van der Waals surface area contributed by atoms with E-state index in [1.54, 1.807) is 7.11 Å². The van der Waals surface area contributed by atoms with Crippen LogP contribution in [-0.4, -0.2) is 34.7 Å². The zero-order valence-corrected chi connectivity index (χ0v) is 14.4. The van der Waals surface area contributed by atoms with Gasteiger partial charge in [-0.25, -0.2) is 0 Å². The predicted molar refractivity (Wildman–Crippen MR) is 93.6 cm³/mol. The van der Waals surface area contributed by atoms with Crippen molar-refractivity contribution in [2.24, 2.45) is 5.73 Å². The number of carboxylic acids is 1. The number of carbonyl (C=O) groups is 1. The number of carboxylic acid groups (broad SMARTS) is 1. The molecule has 0 saturated heterocycles. The fourth-order valence-electron chi connectivity index (χ4n) is 3.19. The number of aliphatic carboxylic acids is 1. The molecule has 0 amide bonds. The molecule has 0 spiro atoms. The summed E-state index contributed by atoms with van der Waals surface area (Å²) in [6.07, 6.45) is 5.25. The number of rotatable bonds is 5. The van der Waals surface area contributed by atoms with Gasteiger partial charge in [-0.1, -0.05) is 31.4 Å². The van der Waals surface area contributed by atoms with E-state index in [4.69, 9.17) is 25.8 Å². The second kappa shape index (κ2) is 9.27. The van der Waals surface area contributed by atoms with Crippen molar-refractivity contribution in [2.75, 3.05) is 7.11 Å². The van der Waals surface area contributed by atoms with Crippen LogP contribution in [0.2, 0.25) is 0 Å². The molecule has 1 saturated carbocycles. The summed E-state index contributed by atoms with van der Waals surface area (Å²) in [6, 6.07) is 7.74. The van der Waals surface area contributed by atoms with Crippen molar-refractivity contribution in [3.63, 3.8) is 0 Å². The maximum Gasteiger partial charge on any atom is 0.300 e. The number of amidine groups is 1. The Kier molecular flexibility index (Phi) is 7.71. The van der Waals surface area contributed by atoms with Crippen LogP contribution in [0.5, 0.6) is 5.75 Å². The van der Waals surface area contributed by atoms with Gasteiger partial charge in [0.1, 0.15) is 5.75 Å². The SMILES string of the molecule is CC(=O)O.COc1ccc(C(CC(=N)N)C2(O)CCCCC2)cc1. The molecule has 134 valence electrons. The van der Waals surface area contributed by atoms with Gasteiger partial charge in [-0.3, -0.25) is 10.2 Å². The summed E-state index contributed by atoms with van der Waals surface area (Å²) in [6.45, 7) is 1.08. The van der Waals surface area contributed by atoms with Crippen molar-refractivity contribution in [1.82, 2.24) is 0 Å². The minimum atomic E-state index is -0.833. The number of nitrogens with two attached hydrogens (primary N) is 1. The molecule has 1 atom stereocenters. The molecule has 0 aliphatic heterocycles. The van der Waals surface area contributed by atoms with Crippen LogP contribution in [0.4, 0.5) is 0 Å². The van der Waals surface area contributed by atoms with Crippen LogP contribution >= 0.6 is 0 Å². The summed E-state index contributed by atoms with van der Waals surface area (Å²) in [7, 11) is 1.64. The number of hydrogen-bond acceptors (Lipinski definition) is 4. The standard InChI is InChI=1S/C16H24N2O2.C2H4O2/c1-20-13-7-5-12(6-8-13)14(11-15(17)18)16(19)9-3-2-4-10-16;1-2(3)4/h5-8,14,19H,2-4,9-11H2,1H3,(H3,17,18);1H3,(H,3,4). The number of aliphatic hydroxyl groups is 1. The van der Waals surface area contributed by atoms with Gasteiger partial charge in [-0.15, -0.1) is 0 Å². The highest BCUT2D eigenvalue weighted by atomic mass is 16.5.